The van der Waals surface area contributed by atoms with Crippen molar-refractivity contribution in [3.05, 3.63) is 23.8 Å². The highest BCUT2D eigenvalue weighted by molar-refractivity contribution is 5.76. The predicted molar refractivity (Wildman–Crippen MR) is 72.8 cm³/mol. The molecule has 1 aromatic carbocycles. The first-order valence-corrected chi connectivity index (χ1v) is 6.14. The number of aldehydes is 1. The van der Waals surface area contributed by atoms with Gasteiger partial charge in [-0.15, -0.1) is 0 Å². The molecule has 0 radical (unpaired) electrons. The molecule has 0 aromatic heterocycles. The number of hydrogen-bond donors (Lipinski definition) is 1. The fourth-order valence-electron chi connectivity index (χ4n) is 1.29. The summed E-state index contributed by atoms with van der Waals surface area (Å²) in [5, 5.41) is 9.09. The molecule has 108 valence electrons. The van der Waals surface area contributed by atoms with Crippen LogP contribution < -0.4 is 4.74 Å². The van der Waals surface area contributed by atoms with Crippen LogP contribution in [0.2, 0.25) is 0 Å². The van der Waals surface area contributed by atoms with Gasteiger partial charge in [-0.1, -0.05) is 0 Å². The van der Waals surface area contributed by atoms with Crippen LogP contribution in [-0.4, -0.2) is 38.0 Å². The molecule has 0 amide bonds. The molecule has 0 unspecified atom stereocenters. The number of carbonyl (C=O) groups is 1. The van der Waals surface area contributed by atoms with E-state index < -0.39 is 0 Å². The Kier molecular flexibility index (Phi) is 9.48. The van der Waals surface area contributed by atoms with Crippen molar-refractivity contribution in [3.63, 3.8) is 0 Å². The van der Waals surface area contributed by atoms with Crippen LogP contribution in [0.3, 0.4) is 0 Å². The zero-order valence-electron chi connectivity index (χ0n) is 11.9. The topological polar surface area (TPSA) is 65.0 Å². The van der Waals surface area contributed by atoms with E-state index in [0.717, 1.165) is 13.2 Å². The molecule has 0 saturated heterocycles. The number of carbonyl (C=O) groups excluding carboxylic acids is 1. The monoisotopic (exact) mass is 270 g/mol. The summed E-state index contributed by atoms with van der Waals surface area (Å²) in [6.07, 6.45) is 0.659. The first kappa shape index (κ1) is 17.4. The van der Waals surface area contributed by atoms with Crippen molar-refractivity contribution in [2.45, 2.75) is 27.1 Å². The standard InChI is InChI=1S/C8H8O3.C6H14O2/c1-11-8-4-6(5-9)2-3-7(8)10;1-4-7-6(3)8-5-2/h2-5,10H,1H3;6H,4-5H2,1-3H3. The molecule has 5 nitrogen and oxygen atoms in total. The van der Waals surface area contributed by atoms with Gasteiger partial charge in [-0.05, 0) is 39.0 Å². The fourth-order valence-corrected chi connectivity index (χ4v) is 1.29. The molecule has 0 aliphatic rings. The van der Waals surface area contributed by atoms with E-state index >= 15 is 0 Å². The molecule has 0 spiro atoms. The molecule has 0 aliphatic heterocycles. The maximum absolute atomic E-state index is 10.2. The van der Waals surface area contributed by atoms with Gasteiger partial charge in [0.1, 0.15) is 6.29 Å². The fraction of sp³-hybridized carbons (Fsp3) is 0.500. The maximum atomic E-state index is 10.2. The van der Waals surface area contributed by atoms with E-state index in [-0.39, 0.29) is 12.0 Å². The van der Waals surface area contributed by atoms with E-state index in [2.05, 4.69) is 0 Å². The van der Waals surface area contributed by atoms with Crippen LogP contribution in [0.4, 0.5) is 0 Å². The van der Waals surface area contributed by atoms with Gasteiger partial charge in [0.05, 0.1) is 7.11 Å². The molecular weight excluding hydrogens is 248 g/mol. The highest BCUT2D eigenvalue weighted by Crippen LogP contribution is 2.25. The van der Waals surface area contributed by atoms with Gasteiger partial charge >= 0.3 is 0 Å². The molecule has 0 saturated carbocycles. The van der Waals surface area contributed by atoms with Crippen LogP contribution in [0.15, 0.2) is 18.2 Å². The van der Waals surface area contributed by atoms with Gasteiger partial charge in [-0.25, -0.2) is 0 Å². The molecular formula is C14H22O5. The van der Waals surface area contributed by atoms with E-state index in [1.807, 2.05) is 20.8 Å². The van der Waals surface area contributed by atoms with Crippen LogP contribution in [0.5, 0.6) is 11.5 Å². The van der Waals surface area contributed by atoms with Gasteiger partial charge in [-0.3, -0.25) is 4.79 Å². The van der Waals surface area contributed by atoms with Crippen LogP contribution >= 0.6 is 0 Å². The molecule has 0 aliphatic carbocycles. The predicted octanol–water partition coefficient (Wildman–Crippen LogP) is 2.62. The Morgan fingerprint density at radius 2 is 1.84 bits per heavy atom. The zero-order chi connectivity index (χ0) is 14.7. The van der Waals surface area contributed by atoms with Crippen molar-refractivity contribution in [3.8, 4) is 11.5 Å². The zero-order valence-corrected chi connectivity index (χ0v) is 11.9. The average Bonchev–Trinajstić information content (AvgIpc) is 2.41. The minimum Gasteiger partial charge on any atom is -0.504 e. The molecule has 19 heavy (non-hydrogen) atoms. The summed E-state index contributed by atoms with van der Waals surface area (Å²) in [5.74, 6) is 0.354. The molecule has 5 heteroatoms. The lowest BCUT2D eigenvalue weighted by molar-refractivity contribution is -0.123. The Bertz CT molecular complexity index is 359. The largest absolute Gasteiger partial charge is 0.504 e. The van der Waals surface area contributed by atoms with E-state index in [0.29, 0.717) is 17.6 Å². The number of benzene rings is 1. The number of rotatable bonds is 6. The van der Waals surface area contributed by atoms with Gasteiger partial charge in [0.15, 0.2) is 17.8 Å². The van der Waals surface area contributed by atoms with Gasteiger partial charge in [0.25, 0.3) is 0 Å². The third-order valence-electron chi connectivity index (χ3n) is 2.14. The summed E-state index contributed by atoms with van der Waals surface area (Å²) in [6, 6.07) is 4.41. The number of methoxy groups -OCH3 is 1. The Morgan fingerprint density at radius 3 is 2.26 bits per heavy atom. The van der Waals surface area contributed by atoms with E-state index in [1.54, 1.807) is 0 Å². The lowest BCUT2D eigenvalue weighted by Crippen LogP contribution is -2.11. The number of phenolic OH excluding ortho intramolecular Hbond substituents is 1. The Labute approximate surface area is 114 Å². The number of aromatic hydroxyl groups is 1. The molecule has 1 aromatic rings. The van der Waals surface area contributed by atoms with E-state index in [9.17, 15) is 4.79 Å². The first-order chi connectivity index (χ1) is 9.08. The van der Waals surface area contributed by atoms with Crippen LogP contribution in [-0.2, 0) is 9.47 Å². The third-order valence-corrected chi connectivity index (χ3v) is 2.14. The molecule has 0 heterocycles. The summed E-state index contributed by atoms with van der Waals surface area (Å²) < 4.78 is 14.9. The second kappa shape index (κ2) is 10.3. The van der Waals surface area contributed by atoms with E-state index in [4.69, 9.17) is 19.3 Å². The van der Waals surface area contributed by atoms with Crippen LogP contribution in [0.1, 0.15) is 31.1 Å². The number of phenols is 1. The maximum Gasteiger partial charge on any atom is 0.161 e. The number of hydrogen-bond acceptors (Lipinski definition) is 5. The summed E-state index contributed by atoms with van der Waals surface area (Å²) in [4.78, 5) is 10.2. The van der Waals surface area contributed by atoms with Crippen molar-refractivity contribution in [2.24, 2.45) is 0 Å². The summed E-state index contributed by atoms with van der Waals surface area (Å²) in [5.41, 5.74) is 0.486. The van der Waals surface area contributed by atoms with Crippen molar-refractivity contribution in [1.29, 1.82) is 0 Å². The normalized spacial score (nSPS) is 9.74. The quantitative estimate of drug-likeness (QED) is 0.636. The van der Waals surface area contributed by atoms with Gasteiger partial charge in [-0.2, -0.15) is 0 Å². The van der Waals surface area contributed by atoms with Crippen LogP contribution in [0.25, 0.3) is 0 Å². The minimum absolute atomic E-state index is 0.0370. The lowest BCUT2D eigenvalue weighted by atomic mass is 10.2. The lowest BCUT2D eigenvalue weighted by Gasteiger charge is -2.09. The third kappa shape index (κ3) is 7.43. The second-order valence-corrected chi connectivity index (χ2v) is 3.53. The van der Waals surface area contributed by atoms with Crippen molar-refractivity contribution in [1.82, 2.24) is 0 Å². The van der Waals surface area contributed by atoms with Gasteiger partial charge in [0.2, 0.25) is 0 Å². The average molecular weight is 270 g/mol. The Balaban J connectivity index is 0.000000362. The second-order valence-electron chi connectivity index (χ2n) is 3.53. The van der Waals surface area contributed by atoms with E-state index in [1.165, 1.54) is 25.3 Å². The summed E-state index contributed by atoms with van der Waals surface area (Å²) >= 11 is 0. The smallest absolute Gasteiger partial charge is 0.161 e. The molecule has 0 fully saturated rings. The SMILES string of the molecule is CCOC(C)OCC.COc1cc(C=O)ccc1O. The summed E-state index contributed by atoms with van der Waals surface area (Å²) in [7, 11) is 1.43. The molecule has 0 atom stereocenters. The molecule has 1 N–H and O–H groups in total. The first-order valence-electron chi connectivity index (χ1n) is 6.14. The Morgan fingerprint density at radius 1 is 1.26 bits per heavy atom. The highest BCUT2D eigenvalue weighted by Gasteiger charge is 2.00. The number of ether oxygens (including phenoxy) is 3. The van der Waals surface area contributed by atoms with Gasteiger partial charge < -0.3 is 19.3 Å². The Hall–Kier alpha value is -1.59. The van der Waals surface area contributed by atoms with Gasteiger partial charge in [0, 0.05) is 18.8 Å². The van der Waals surface area contributed by atoms with Crippen molar-refractivity contribution >= 4 is 6.29 Å². The van der Waals surface area contributed by atoms with Crippen LogP contribution in [0, 0.1) is 0 Å². The minimum atomic E-state index is -0.0370. The summed E-state index contributed by atoms with van der Waals surface area (Å²) in [6.45, 7) is 7.25. The molecule has 0 bridgehead atoms. The molecule has 1 rings (SSSR count). The van der Waals surface area contributed by atoms with Crippen molar-refractivity contribution < 1.29 is 24.1 Å². The highest BCUT2D eigenvalue weighted by atomic mass is 16.7. The van der Waals surface area contributed by atoms with Crippen molar-refractivity contribution in [2.75, 3.05) is 20.3 Å².